The van der Waals surface area contributed by atoms with E-state index in [0.717, 1.165) is 75.7 Å². The van der Waals surface area contributed by atoms with Gasteiger partial charge in [0.25, 0.3) is 0 Å². The van der Waals surface area contributed by atoms with Crippen LogP contribution >= 0.6 is 0 Å². The Labute approximate surface area is 165 Å². The molecule has 2 aromatic heterocycles. The molecule has 0 radical (unpaired) electrons. The highest BCUT2D eigenvalue weighted by Gasteiger charge is 2.30. The van der Waals surface area contributed by atoms with Gasteiger partial charge in [-0.25, -0.2) is 0 Å². The van der Waals surface area contributed by atoms with Gasteiger partial charge < -0.3 is 14.7 Å². The maximum absolute atomic E-state index is 12.0. The second kappa shape index (κ2) is 7.31. The Morgan fingerprint density at radius 2 is 1.86 bits per heavy atom. The number of hydrogen-bond acceptors (Lipinski definition) is 6. The lowest BCUT2D eigenvalue weighted by Gasteiger charge is -2.38. The van der Waals surface area contributed by atoms with Crippen molar-refractivity contribution in [2.45, 2.75) is 50.5 Å². The van der Waals surface area contributed by atoms with Crippen molar-refractivity contribution in [2.24, 2.45) is 0 Å². The highest BCUT2D eigenvalue weighted by molar-refractivity contribution is 5.76. The van der Waals surface area contributed by atoms with Gasteiger partial charge in [-0.1, -0.05) is 0 Å². The summed E-state index contributed by atoms with van der Waals surface area (Å²) in [5.41, 5.74) is 0.837. The first-order chi connectivity index (χ1) is 13.7. The smallest absolute Gasteiger partial charge is 0.222 e. The number of nitrogens with zero attached hydrogens (tertiary/aromatic N) is 7. The summed E-state index contributed by atoms with van der Waals surface area (Å²) in [5.74, 6) is 2.73. The van der Waals surface area contributed by atoms with Gasteiger partial charge in [0.2, 0.25) is 5.91 Å². The van der Waals surface area contributed by atoms with Crippen LogP contribution in [0.25, 0.3) is 5.65 Å². The number of aromatic nitrogens is 4. The third-order valence-corrected chi connectivity index (χ3v) is 6.74. The molecule has 1 amide bonds. The normalized spacial score (nSPS) is 24.8. The van der Waals surface area contributed by atoms with Crippen LogP contribution in [0.1, 0.15) is 50.3 Å². The molecule has 1 unspecified atom stereocenters. The highest BCUT2D eigenvalue weighted by atomic mass is 16.2. The lowest BCUT2D eigenvalue weighted by Crippen LogP contribution is -2.48. The van der Waals surface area contributed by atoms with Crippen LogP contribution in [-0.4, -0.2) is 81.3 Å². The van der Waals surface area contributed by atoms with Crippen molar-refractivity contribution in [1.82, 2.24) is 29.6 Å². The van der Waals surface area contributed by atoms with Gasteiger partial charge in [0, 0.05) is 45.1 Å². The van der Waals surface area contributed by atoms with Crippen LogP contribution in [0.2, 0.25) is 0 Å². The van der Waals surface area contributed by atoms with E-state index < -0.39 is 0 Å². The summed E-state index contributed by atoms with van der Waals surface area (Å²) in [6, 6.07) is 4.45. The van der Waals surface area contributed by atoms with Gasteiger partial charge in [0.1, 0.15) is 5.82 Å². The molecule has 28 heavy (non-hydrogen) atoms. The monoisotopic (exact) mass is 383 g/mol. The molecule has 3 fully saturated rings. The van der Waals surface area contributed by atoms with E-state index in [1.54, 1.807) is 0 Å². The maximum atomic E-state index is 12.0. The van der Waals surface area contributed by atoms with E-state index in [9.17, 15) is 4.79 Å². The van der Waals surface area contributed by atoms with Crippen LogP contribution < -0.4 is 4.90 Å². The Hall–Kier alpha value is -2.22. The van der Waals surface area contributed by atoms with Gasteiger partial charge in [0.15, 0.2) is 11.5 Å². The third kappa shape index (κ3) is 3.23. The summed E-state index contributed by atoms with van der Waals surface area (Å²) < 4.78 is 1.96. The van der Waals surface area contributed by atoms with Crippen LogP contribution in [0.3, 0.4) is 0 Å². The van der Waals surface area contributed by atoms with Gasteiger partial charge in [-0.05, 0) is 57.3 Å². The molecule has 0 aromatic carbocycles. The largest absolute Gasteiger partial charge is 0.355 e. The highest BCUT2D eigenvalue weighted by Crippen LogP contribution is 2.29. The summed E-state index contributed by atoms with van der Waals surface area (Å²) in [4.78, 5) is 18.7. The Kier molecular flexibility index (Phi) is 4.66. The molecule has 150 valence electrons. The zero-order valence-electron chi connectivity index (χ0n) is 16.6. The second-order valence-electron chi connectivity index (χ2n) is 8.49. The topological polar surface area (TPSA) is 69.9 Å². The van der Waals surface area contributed by atoms with E-state index in [1.807, 2.05) is 22.5 Å². The van der Waals surface area contributed by atoms with Crippen molar-refractivity contribution in [1.29, 1.82) is 0 Å². The van der Waals surface area contributed by atoms with Crippen molar-refractivity contribution in [3.63, 3.8) is 0 Å². The van der Waals surface area contributed by atoms with Gasteiger partial charge in [0.05, 0.1) is 0 Å². The van der Waals surface area contributed by atoms with E-state index in [0.29, 0.717) is 24.3 Å². The minimum absolute atomic E-state index is 0.296. The van der Waals surface area contributed by atoms with E-state index in [1.165, 1.54) is 6.42 Å². The number of carbonyl (C=O) groups excluding carboxylic acids is 1. The molecule has 0 saturated carbocycles. The summed E-state index contributed by atoms with van der Waals surface area (Å²) in [6.07, 6.45) is 6.25. The number of carbonyl (C=O) groups is 1. The number of rotatable bonds is 4. The molecule has 2 aromatic rings. The summed E-state index contributed by atoms with van der Waals surface area (Å²) in [5, 5.41) is 13.7. The number of piperidine rings is 2. The van der Waals surface area contributed by atoms with Gasteiger partial charge in [-0.2, -0.15) is 4.52 Å². The molecule has 5 heterocycles. The zero-order valence-corrected chi connectivity index (χ0v) is 16.6. The Bertz CT molecular complexity index is 853. The number of likely N-dealkylation sites (tertiary alicyclic amines) is 2. The number of anilines is 1. The summed E-state index contributed by atoms with van der Waals surface area (Å²) in [7, 11) is 1.96. The van der Waals surface area contributed by atoms with Crippen LogP contribution in [-0.2, 0) is 4.79 Å². The number of hydrogen-bond donors (Lipinski definition) is 0. The molecule has 5 rings (SSSR count). The second-order valence-corrected chi connectivity index (χ2v) is 8.49. The molecule has 0 aliphatic carbocycles. The quantitative estimate of drug-likeness (QED) is 0.797. The predicted molar refractivity (Wildman–Crippen MR) is 106 cm³/mol. The van der Waals surface area contributed by atoms with Crippen molar-refractivity contribution < 1.29 is 4.79 Å². The third-order valence-electron chi connectivity index (χ3n) is 6.74. The average Bonchev–Trinajstić information content (AvgIpc) is 3.08. The molecule has 0 spiro atoms. The van der Waals surface area contributed by atoms with Crippen molar-refractivity contribution in [3.8, 4) is 0 Å². The van der Waals surface area contributed by atoms with Gasteiger partial charge in [-0.3, -0.25) is 4.79 Å². The predicted octanol–water partition coefficient (Wildman–Crippen LogP) is 1.52. The molecule has 0 N–H and O–H groups in total. The molecular formula is C20H29N7O. The lowest BCUT2D eigenvalue weighted by atomic mass is 9.94. The fraction of sp³-hybridized carbons (Fsp3) is 0.700. The SMILES string of the molecule is CN1C(=O)CCCC1CN1CCC(c2nnc3ccc(N4CCC4)nn23)CC1. The zero-order chi connectivity index (χ0) is 19.1. The number of amides is 1. The minimum Gasteiger partial charge on any atom is -0.355 e. The van der Waals surface area contributed by atoms with Crippen molar-refractivity contribution in [2.75, 3.05) is 44.7 Å². The lowest BCUT2D eigenvalue weighted by molar-refractivity contribution is -0.135. The Morgan fingerprint density at radius 1 is 1.04 bits per heavy atom. The molecule has 3 aliphatic heterocycles. The molecule has 3 aliphatic rings. The summed E-state index contributed by atoms with van der Waals surface area (Å²) >= 11 is 0. The van der Waals surface area contributed by atoms with Crippen LogP contribution in [0.15, 0.2) is 12.1 Å². The first kappa shape index (κ1) is 17.8. The Morgan fingerprint density at radius 3 is 2.61 bits per heavy atom. The number of fused-ring (bicyclic) bond motifs is 1. The standard InChI is InChI=1S/C20H29N7O/c1-24-16(4-2-5-19(24)28)14-25-12-8-15(9-13-25)20-22-21-17-6-7-18(23-27(17)20)26-10-3-11-26/h6-7,15-16H,2-5,8-14H2,1H3. The van der Waals surface area contributed by atoms with E-state index in [4.69, 9.17) is 5.10 Å². The Balaban J connectivity index is 1.25. The first-order valence-electron chi connectivity index (χ1n) is 10.6. The molecule has 8 nitrogen and oxygen atoms in total. The molecule has 0 bridgehead atoms. The average molecular weight is 384 g/mol. The first-order valence-corrected chi connectivity index (χ1v) is 10.6. The fourth-order valence-corrected chi connectivity index (χ4v) is 4.71. The van der Waals surface area contributed by atoms with E-state index in [-0.39, 0.29) is 0 Å². The molecular weight excluding hydrogens is 354 g/mol. The van der Waals surface area contributed by atoms with Crippen LogP contribution in [0.4, 0.5) is 5.82 Å². The fourth-order valence-electron chi connectivity index (χ4n) is 4.71. The van der Waals surface area contributed by atoms with Crippen LogP contribution in [0, 0.1) is 0 Å². The molecule has 3 saturated heterocycles. The number of likely N-dealkylation sites (N-methyl/N-ethyl adjacent to an activating group) is 1. The van der Waals surface area contributed by atoms with E-state index >= 15 is 0 Å². The van der Waals surface area contributed by atoms with E-state index in [2.05, 4.69) is 26.1 Å². The van der Waals surface area contributed by atoms with Gasteiger partial charge in [-0.15, -0.1) is 15.3 Å². The van der Waals surface area contributed by atoms with Crippen molar-refractivity contribution >= 4 is 17.4 Å². The summed E-state index contributed by atoms with van der Waals surface area (Å²) in [6.45, 7) is 5.26. The molecule has 8 heteroatoms. The maximum Gasteiger partial charge on any atom is 0.222 e. The minimum atomic E-state index is 0.296. The van der Waals surface area contributed by atoms with Crippen molar-refractivity contribution in [3.05, 3.63) is 18.0 Å². The molecule has 1 atom stereocenters. The van der Waals surface area contributed by atoms with Gasteiger partial charge >= 0.3 is 0 Å². The van der Waals surface area contributed by atoms with Crippen LogP contribution in [0.5, 0.6) is 0 Å².